The SMILES string of the molecule is O=C(Nc1ccc(F)c(Cl)c1)c1cccc(-c2ccc(S(=O)(=O)N3CCOCC3)s2)c1. The van der Waals surface area contributed by atoms with Crippen molar-refractivity contribution in [1.29, 1.82) is 0 Å². The van der Waals surface area contributed by atoms with Crippen LogP contribution in [0.1, 0.15) is 10.4 Å². The number of ether oxygens (including phenoxy) is 1. The summed E-state index contributed by atoms with van der Waals surface area (Å²) in [5.74, 6) is -0.954. The average molecular weight is 481 g/mol. The first-order valence-electron chi connectivity index (χ1n) is 9.39. The van der Waals surface area contributed by atoms with Crippen molar-refractivity contribution in [3.05, 3.63) is 71.0 Å². The Bertz CT molecular complexity index is 1220. The number of hydrogen-bond donors (Lipinski definition) is 1. The summed E-state index contributed by atoms with van der Waals surface area (Å²) >= 11 is 6.91. The van der Waals surface area contributed by atoms with Gasteiger partial charge in [-0.3, -0.25) is 4.79 Å². The van der Waals surface area contributed by atoms with Gasteiger partial charge in [-0.2, -0.15) is 4.31 Å². The number of rotatable bonds is 5. The highest BCUT2D eigenvalue weighted by atomic mass is 35.5. The maximum Gasteiger partial charge on any atom is 0.255 e. The van der Waals surface area contributed by atoms with Crippen LogP contribution < -0.4 is 5.32 Å². The van der Waals surface area contributed by atoms with Crippen molar-refractivity contribution in [3.8, 4) is 10.4 Å². The Kier molecular flexibility index (Phi) is 6.40. The second-order valence-corrected chi connectivity index (χ2v) is 10.5. The molecule has 1 aliphatic rings. The number of benzene rings is 2. The van der Waals surface area contributed by atoms with Gasteiger partial charge in [0.25, 0.3) is 15.9 Å². The lowest BCUT2D eigenvalue weighted by atomic mass is 10.1. The van der Waals surface area contributed by atoms with Crippen LogP contribution in [0.2, 0.25) is 5.02 Å². The smallest absolute Gasteiger partial charge is 0.255 e. The first-order valence-corrected chi connectivity index (χ1v) is 12.0. The van der Waals surface area contributed by atoms with Crippen LogP contribution in [0.5, 0.6) is 0 Å². The Hall–Kier alpha value is -2.30. The van der Waals surface area contributed by atoms with Gasteiger partial charge in [0, 0.05) is 29.2 Å². The first-order chi connectivity index (χ1) is 14.8. The Labute approximate surface area is 188 Å². The lowest BCUT2D eigenvalue weighted by molar-refractivity contribution is 0.0731. The summed E-state index contributed by atoms with van der Waals surface area (Å²) in [4.78, 5) is 13.3. The molecule has 1 amide bonds. The Morgan fingerprint density at radius 2 is 1.87 bits per heavy atom. The topological polar surface area (TPSA) is 75.7 Å². The van der Waals surface area contributed by atoms with Gasteiger partial charge in [0.2, 0.25) is 0 Å². The molecule has 3 aromatic rings. The summed E-state index contributed by atoms with van der Waals surface area (Å²) in [6, 6.07) is 14.1. The van der Waals surface area contributed by atoms with Crippen molar-refractivity contribution < 1.29 is 22.3 Å². The number of morpholine rings is 1. The molecule has 6 nitrogen and oxygen atoms in total. The van der Waals surface area contributed by atoms with Crippen molar-refractivity contribution >= 4 is 44.6 Å². The number of thiophene rings is 1. The molecule has 162 valence electrons. The van der Waals surface area contributed by atoms with Gasteiger partial charge in [0.15, 0.2) is 0 Å². The number of carbonyl (C=O) groups excluding carboxylic acids is 1. The van der Waals surface area contributed by atoms with E-state index in [9.17, 15) is 17.6 Å². The minimum atomic E-state index is -3.57. The fourth-order valence-electron chi connectivity index (χ4n) is 3.12. The summed E-state index contributed by atoms with van der Waals surface area (Å²) in [7, 11) is -3.57. The molecule has 0 aliphatic carbocycles. The van der Waals surface area contributed by atoms with Crippen LogP contribution in [0.15, 0.2) is 58.8 Å². The normalized spacial score (nSPS) is 15.0. The van der Waals surface area contributed by atoms with Gasteiger partial charge >= 0.3 is 0 Å². The number of anilines is 1. The summed E-state index contributed by atoms with van der Waals surface area (Å²) in [6.07, 6.45) is 0. The molecule has 1 fully saturated rings. The number of nitrogens with zero attached hydrogens (tertiary/aromatic N) is 1. The van der Waals surface area contributed by atoms with Gasteiger partial charge in [-0.15, -0.1) is 11.3 Å². The fourth-order valence-corrected chi connectivity index (χ4v) is 6.16. The minimum absolute atomic E-state index is 0.0841. The number of halogens is 2. The van der Waals surface area contributed by atoms with Crippen LogP contribution in [-0.4, -0.2) is 44.9 Å². The molecule has 4 rings (SSSR count). The van der Waals surface area contributed by atoms with Gasteiger partial charge in [0.1, 0.15) is 10.0 Å². The number of carbonyl (C=O) groups is 1. The highest BCUT2D eigenvalue weighted by Gasteiger charge is 2.28. The minimum Gasteiger partial charge on any atom is -0.379 e. The monoisotopic (exact) mass is 480 g/mol. The molecule has 31 heavy (non-hydrogen) atoms. The molecular weight excluding hydrogens is 463 g/mol. The van der Waals surface area contributed by atoms with Crippen molar-refractivity contribution in [2.75, 3.05) is 31.6 Å². The third-order valence-corrected chi connectivity index (χ3v) is 8.52. The molecule has 1 aliphatic heterocycles. The molecule has 0 radical (unpaired) electrons. The molecular formula is C21H18ClFN2O4S2. The summed E-state index contributed by atoms with van der Waals surface area (Å²) < 4.78 is 45.9. The highest BCUT2D eigenvalue weighted by molar-refractivity contribution is 7.91. The first kappa shape index (κ1) is 21.9. The number of nitrogens with one attached hydrogen (secondary N) is 1. The van der Waals surface area contributed by atoms with Crippen molar-refractivity contribution in [2.24, 2.45) is 0 Å². The Morgan fingerprint density at radius 1 is 1.10 bits per heavy atom. The number of sulfonamides is 1. The molecule has 1 aromatic heterocycles. The predicted molar refractivity (Wildman–Crippen MR) is 119 cm³/mol. The zero-order valence-electron chi connectivity index (χ0n) is 16.2. The maximum atomic E-state index is 13.3. The van der Waals surface area contributed by atoms with Gasteiger partial charge < -0.3 is 10.1 Å². The molecule has 10 heteroatoms. The lowest BCUT2D eigenvalue weighted by Crippen LogP contribution is -2.40. The molecule has 1 saturated heterocycles. The third kappa shape index (κ3) is 4.81. The standard InChI is InChI=1S/C21H18ClFN2O4S2/c22-17-13-16(4-5-18(17)23)24-21(26)15-3-1-2-14(12-15)19-6-7-20(30-19)31(27,28)25-8-10-29-11-9-25/h1-7,12-13H,8-11H2,(H,24,26). The molecule has 0 unspecified atom stereocenters. The summed E-state index contributed by atoms with van der Waals surface area (Å²) in [5.41, 5.74) is 1.47. The molecule has 0 saturated carbocycles. The second kappa shape index (κ2) is 9.05. The largest absolute Gasteiger partial charge is 0.379 e. The zero-order valence-corrected chi connectivity index (χ0v) is 18.6. The van der Waals surface area contributed by atoms with Crippen LogP contribution in [0, 0.1) is 5.82 Å². The van der Waals surface area contributed by atoms with Crippen molar-refractivity contribution in [3.63, 3.8) is 0 Å². The highest BCUT2D eigenvalue weighted by Crippen LogP contribution is 2.33. The second-order valence-electron chi connectivity index (χ2n) is 6.80. The lowest BCUT2D eigenvalue weighted by Gasteiger charge is -2.25. The van der Waals surface area contributed by atoms with Crippen LogP contribution in [-0.2, 0) is 14.8 Å². The van der Waals surface area contributed by atoms with E-state index >= 15 is 0 Å². The average Bonchev–Trinajstić information content (AvgIpc) is 3.28. The molecule has 2 heterocycles. The molecule has 1 N–H and O–H groups in total. The van der Waals surface area contributed by atoms with Crippen LogP contribution >= 0.6 is 22.9 Å². The number of amides is 1. The van der Waals surface area contributed by atoms with Crippen LogP contribution in [0.3, 0.4) is 0 Å². The van der Waals surface area contributed by atoms with E-state index in [4.69, 9.17) is 16.3 Å². The van der Waals surface area contributed by atoms with E-state index < -0.39 is 15.8 Å². The molecule has 0 spiro atoms. The van der Waals surface area contributed by atoms with E-state index in [1.165, 1.54) is 22.5 Å². The van der Waals surface area contributed by atoms with Crippen molar-refractivity contribution in [1.82, 2.24) is 4.31 Å². The summed E-state index contributed by atoms with van der Waals surface area (Å²) in [5, 5.41) is 2.59. The van der Waals surface area contributed by atoms with Gasteiger partial charge in [-0.1, -0.05) is 23.7 Å². The van der Waals surface area contributed by atoms with E-state index in [1.807, 2.05) is 6.07 Å². The third-order valence-electron chi connectivity index (χ3n) is 4.73. The Morgan fingerprint density at radius 3 is 2.61 bits per heavy atom. The number of hydrogen-bond acceptors (Lipinski definition) is 5. The van der Waals surface area contributed by atoms with Crippen LogP contribution in [0.25, 0.3) is 10.4 Å². The molecule has 0 bridgehead atoms. The van der Waals surface area contributed by atoms with Gasteiger partial charge in [-0.05, 0) is 48.0 Å². The van der Waals surface area contributed by atoms with E-state index in [1.54, 1.807) is 30.3 Å². The van der Waals surface area contributed by atoms with Gasteiger partial charge in [-0.25, -0.2) is 12.8 Å². The van der Waals surface area contributed by atoms with Gasteiger partial charge in [0.05, 0.1) is 18.2 Å². The molecule has 2 aromatic carbocycles. The van der Waals surface area contributed by atoms with Crippen LogP contribution in [0.4, 0.5) is 10.1 Å². The summed E-state index contributed by atoms with van der Waals surface area (Å²) in [6.45, 7) is 1.43. The predicted octanol–water partition coefficient (Wildman–Crippen LogP) is 4.48. The van der Waals surface area contributed by atoms with E-state index in [-0.39, 0.29) is 15.1 Å². The van der Waals surface area contributed by atoms with E-state index in [2.05, 4.69) is 5.32 Å². The van der Waals surface area contributed by atoms with E-state index in [0.29, 0.717) is 37.6 Å². The zero-order chi connectivity index (χ0) is 22.0. The van der Waals surface area contributed by atoms with Crippen molar-refractivity contribution in [2.45, 2.75) is 4.21 Å². The molecule has 0 atom stereocenters. The Balaban J connectivity index is 1.54. The van der Waals surface area contributed by atoms with E-state index in [0.717, 1.165) is 21.8 Å². The fraction of sp³-hybridized carbons (Fsp3) is 0.190. The maximum absolute atomic E-state index is 13.3. The quantitative estimate of drug-likeness (QED) is 0.584.